The zero-order chi connectivity index (χ0) is 29.0. The molecule has 2 heterocycles. The predicted molar refractivity (Wildman–Crippen MR) is 156 cm³/mol. The second-order valence-electron chi connectivity index (χ2n) is 9.91. The van der Waals surface area contributed by atoms with Gasteiger partial charge in [-0.1, -0.05) is 66.7 Å². The van der Waals surface area contributed by atoms with Crippen LogP contribution in [0.4, 0.5) is 5.82 Å². The number of aliphatic hydroxyl groups excluding tert-OH is 2. The Kier molecular flexibility index (Phi) is 8.39. The number of hydrogen-bond donors (Lipinski definition) is 3. The molecule has 1 unspecified atom stereocenters. The number of hydrogen-bond acceptors (Lipinski definition) is 8. The molecule has 0 aliphatic carbocycles. The van der Waals surface area contributed by atoms with Crippen molar-refractivity contribution in [3.05, 3.63) is 118 Å². The molecule has 3 aromatic carbocycles. The summed E-state index contributed by atoms with van der Waals surface area (Å²) >= 11 is 0. The van der Waals surface area contributed by atoms with Gasteiger partial charge in [0.15, 0.2) is 0 Å². The van der Waals surface area contributed by atoms with E-state index in [2.05, 4.69) is 10.3 Å². The molecule has 41 heavy (non-hydrogen) atoms. The van der Waals surface area contributed by atoms with Crippen LogP contribution in [0.1, 0.15) is 36.3 Å². The minimum atomic E-state index is -1.35. The molecule has 5 rings (SSSR count). The summed E-state index contributed by atoms with van der Waals surface area (Å²) in [6, 6.07) is 26.2. The predicted octanol–water partition coefficient (Wildman–Crippen LogP) is 3.74. The molecule has 0 radical (unpaired) electrons. The van der Waals surface area contributed by atoms with Crippen LogP contribution in [-0.2, 0) is 10.2 Å². The number of benzene rings is 3. The van der Waals surface area contributed by atoms with E-state index in [9.17, 15) is 15.0 Å². The van der Waals surface area contributed by atoms with Gasteiger partial charge in [-0.15, -0.1) is 0 Å². The number of aliphatic hydroxyl groups is 2. The quantitative estimate of drug-likeness (QED) is 0.253. The highest BCUT2D eigenvalue weighted by molar-refractivity contribution is 5.60. The molecule has 1 saturated heterocycles. The van der Waals surface area contributed by atoms with Gasteiger partial charge in [0.2, 0.25) is 0 Å². The topological polar surface area (TPSA) is 115 Å². The first-order valence-corrected chi connectivity index (χ1v) is 13.6. The van der Waals surface area contributed by atoms with Gasteiger partial charge in [-0.05, 0) is 30.7 Å². The van der Waals surface area contributed by atoms with E-state index in [0.29, 0.717) is 35.0 Å². The zero-order valence-corrected chi connectivity index (χ0v) is 23.3. The summed E-state index contributed by atoms with van der Waals surface area (Å²) in [7, 11) is 3.16. The van der Waals surface area contributed by atoms with Gasteiger partial charge < -0.3 is 29.7 Å². The van der Waals surface area contributed by atoms with Gasteiger partial charge in [0.1, 0.15) is 35.8 Å². The van der Waals surface area contributed by atoms with Gasteiger partial charge in [-0.3, -0.25) is 4.57 Å². The number of methoxy groups -OCH3 is 2. The van der Waals surface area contributed by atoms with Crippen molar-refractivity contribution in [3.63, 3.8) is 0 Å². The Morgan fingerprint density at radius 2 is 1.56 bits per heavy atom. The molecule has 0 amide bonds. The molecular formula is C32H35N3O6. The summed E-state index contributed by atoms with van der Waals surface area (Å²) in [6.07, 6.45) is -2.68. The molecule has 0 spiro atoms. The lowest BCUT2D eigenvalue weighted by atomic mass is 9.63. The lowest BCUT2D eigenvalue weighted by Crippen LogP contribution is -2.51. The number of nitrogens with zero attached hydrogens (tertiary/aromatic N) is 2. The summed E-state index contributed by atoms with van der Waals surface area (Å²) in [6.45, 7) is 2.54. The van der Waals surface area contributed by atoms with Crippen molar-refractivity contribution < 1.29 is 24.4 Å². The van der Waals surface area contributed by atoms with Gasteiger partial charge in [-0.25, -0.2) is 4.79 Å². The average Bonchev–Trinajstić information content (AvgIpc) is 3.39. The van der Waals surface area contributed by atoms with Crippen LogP contribution < -0.4 is 20.5 Å². The molecule has 0 saturated carbocycles. The van der Waals surface area contributed by atoms with E-state index in [1.54, 1.807) is 26.5 Å². The normalized spacial score (nSPS) is 19.5. The lowest BCUT2D eigenvalue weighted by Gasteiger charge is -2.43. The van der Waals surface area contributed by atoms with Crippen LogP contribution >= 0.6 is 0 Å². The highest BCUT2D eigenvalue weighted by Crippen LogP contribution is 2.51. The van der Waals surface area contributed by atoms with Gasteiger partial charge in [0.25, 0.3) is 0 Å². The van der Waals surface area contributed by atoms with Crippen LogP contribution in [0, 0.1) is 0 Å². The van der Waals surface area contributed by atoms with Crippen molar-refractivity contribution in [1.29, 1.82) is 0 Å². The number of aromatic nitrogens is 2. The van der Waals surface area contributed by atoms with Crippen LogP contribution in [0.5, 0.6) is 11.5 Å². The zero-order valence-electron chi connectivity index (χ0n) is 23.3. The maximum Gasteiger partial charge on any atom is 0.351 e. The second-order valence-corrected chi connectivity index (χ2v) is 9.91. The standard InChI is InChI=1S/C32H35N3O6/c1-4-33-27-18-19-35(31(38)34-27)28-20-24(36)29(41-28)30(37)32(21-12-6-5-7-13-21,22-14-8-10-16-25(22)39-2)23-15-9-11-17-26(23)40-3/h5-19,24,28-30,36-37H,4,20H2,1-3H3,(H,33,34,38)/t24-,28+,29-,30?/m0/s1. The Bertz CT molecular complexity index is 1480. The van der Waals surface area contributed by atoms with Crippen molar-refractivity contribution in [2.75, 3.05) is 26.1 Å². The Hall–Kier alpha value is -4.18. The Balaban J connectivity index is 1.69. The van der Waals surface area contributed by atoms with Crippen LogP contribution in [0.15, 0.2) is 95.9 Å². The second kappa shape index (κ2) is 12.1. The number of anilines is 1. The maximum absolute atomic E-state index is 12.9. The summed E-state index contributed by atoms with van der Waals surface area (Å²) in [4.78, 5) is 16.9. The summed E-state index contributed by atoms with van der Waals surface area (Å²) in [5, 5.41) is 27.0. The SMILES string of the molecule is CCNc1ccn([C@H]2C[C@H](O)[C@@H](C(O)C(c3ccccc3)(c3ccccc3OC)c3ccccc3OC)O2)c(=O)n1. The molecule has 1 aromatic heterocycles. The molecule has 1 aliphatic rings. The molecule has 3 N–H and O–H groups in total. The number of ether oxygens (including phenoxy) is 3. The summed E-state index contributed by atoms with van der Waals surface area (Å²) in [5.74, 6) is 1.55. The minimum Gasteiger partial charge on any atom is -0.496 e. The number of para-hydroxylation sites is 2. The van der Waals surface area contributed by atoms with Crippen LogP contribution in [-0.4, -0.2) is 58.8 Å². The minimum absolute atomic E-state index is 0.0899. The largest absolute Gasteiger partial charge is 0.496 e. The average molecular weight is 558 g/mol. The smallest absolute Gasteiger partial charge is 0.351 e. The Morgan fingerprint density at radius 3 is 2.12 bits per heavy atom. The van der Waals surface area contributed by atoms with Gasteiger partial charge in [0.05, 0.1) is 25.7 Å². The summed E-state index contributed by atoms with van der Waals surface area (Å²) in [5.41, 5.74) is 0.255. The highest BCUT2D eigenvalue weighted by atomic mass is 16.5. The molecule has 9 nitrogen and oxygen atoms in total. The van der Waals surface area contributed by atoms with Crippen molar-refractivity contribution in [1.82, 2.24) is 9.55 Å². The van der Waals surface area contributed by atoms with Crippen molar-refractivity contribution in [3.8, 4) is 11.5 Å². The molecule has 1 fully saturated rings. The third-order valence-electron chi connectivity index (χ3n) is 7.68. The Labute approximate surface area is 239 Å². The third-order valence-corrected chi connectivity index (χ3v) is 7.68. The van der Waals surface area contributed by atoms with Crippen molar-refractivity contribution >= 4 is 5.82 Å². The first-order chi connectivity index (χ1) is 19.9. The fourth-order valence-corrected chi connectivity index (χ4v) is 5.88. The van der Waals surface area contributed by atoms with Gasteiger partial charge >= 0.3 is 5.69 Å². The first kappa shape index (κ1) is 28.4. The molecule has 214 valence electrons. The van der Waals surface area contributed by atoms with E-state index in [0.717, 1.165) is 5.56 Å². The van der Waals surface area contributed by atoms with Crippen LogP contribution in [0.2, 0.25) is 0 Å². The first-order valence-electron chi connectivity index (χ1n) is 13.6. The fourth-order valence-electron chi connectivity index (χ4n) is 5.88. The van der Waals surface area contributed by atoms with E-state index in [4.69, 9.17) is 14.2 Å². The van der Waals surface area contributed by atoms with Crippen LogP contribution in [0.25, 0.3) is 0 Å². The number of rotatable bonds is 10. The van der Waals surface area contributed by atoms with E-state index in [1.807, 2.05) is 85.8 Å². The molecule has 4 aromatic rings. The third kappa shape index (κ3) is 5.08. The molecule has 1 aliphatic heterocycles. The molecule has 9 heteroatoms. The molecule has 0 bridgehead atoms. The van der Waals surface area contributed by atoms with Gasteiger partial charge in [-0.2, -0.15) is 4.98 Å². The fraction of sp³-hybridized carbons (Fsp3) is 0.312. The maximum atomic E-state index is 12.9. The van der Waals surface area contributed by atoms with Gasteiger partial charge in [0, 0.05) is 30.3 Å². The monoisotopic (exact) mass is 557 g/mol. The van der Waals surface area contributed by atoms with E-state index in [1.165, 1.54) is 4.57 Å². The van der Waals surface area contributed by atoms with E-state index >= 15 is 0 Å². The summed E-state index contributed by atoms with van der Waals surface area (Å²) < 4.78 is 19.3. The van der Waals surface area contributed by atoms with Crippen LogP contribution in [0.3, 0.4) is 0 Å². The lowest BCUT2D eigenvalue weighted by molar-refractivity contribution is -0.0979. The van der Waals surface area contributed by atoms with E-state index in [-0.39, 0.29) is 6.42 Å². The molecule has 4 atom stereocenters. The van der Waals surface area contributed by atoms with E-state index < -0.39 is 35.6 Å². The number of nitrogens with one attached hydrogen (secondary N) is 1. The highest BCUT2D eigenvalue weighted by Gasteiger charge is 2.54. The molecular weight excluding hydrogens is 522 g/mol. The van der Waals surface area contributed by atoms with Crippen molar-refractivity contribution in [2.45, 2.75) is 43.3 Å². The van der Waals surface area contributed by atoms with Crippen molar-refractivity contribution in [2.24, 2.45) is 0 Å². The Morgan fingerprint density at radius 1 is 0.976 bits per heavy atom.